The largest absolute Gasteiger partial charge is 0.490 e. The average Bonchev–Trinajstić information content (AvgIpc) is 3.34. The van der Waals surface area contributed by atoms with Crippen LogP contribution in [0, 0.1) is 10.1 Å². The summed E-state index contributed by atoms with van der Waals surface area (Å²) in [5, 5.41) is 14.0. The fourth-order valence-electron chi connectivity index (χ4n) is 2.27. The van der Waals surface area contributed by atoms with Gasteiger partial charge in [0.05, 0.1) is 16.7 Å². The number of nitro groups is 1. The number of nitrogens with zero attached hydrogens (tertiary/aromatic N) is 2. The predicted molar refractivity (Wildman–Crippen MR) is 82.8 cm³/mol. The van der Waals surface area contributed by atoms with Crippen LogP contribution in [-0.2, 0) is 0 Å². The van der Waals surface area contributed by atoms with Crippen molar-refractivity contribution in [3.8, 4) is 16.9 Å². The number of nitro benzene ring substituents is 1. The van der Waals surface area contributed by atoms with E-state index in [4.69, 9.17) is 4.74 Å². The molecule has 0 bridgehead atoms. The molecule has 1 aromatic heterocycles. The lowest BCUT2D eigenvalue weighted by atomic mass is 10.1. The number of likely N-dealkylation sites (N-methyl/N-ethyl adjacent to an activating group) is 1. The smallest absolute Gasteiger partial charge is 0.269 e. The molecule has 1 aliphatic rings. The first-order valence-corrected chi connectivity index (χ1v) is 7.13. The minimum Gasteiger partial charge on any atom is -0.490 e. The first-order chi connectivity index (χ1) is 10.6. The fourth-order valence-corrected chi connectivity index (χ4v) is 2.27. The van der Waals surface area contributed by atoms with E-state index in [2.05, 4.69) is 10.3 Å². The summed E-state index contributed by atoms with van der Waals surface area (Å²) in [6, 6.07) is 8.32. The van der Waals surface area contributed by atoms with Crippen molar-refractivity contribution in [1.82, 2.24) is 10.3 Å². The zero-order valence-electron chi connectivity index (χ0n) is 12.3. The van der Waals surface area contributed by atoms with Gasteiger partial charge in [-0.3, -0.25) is 15.1 Å². The molecule has 22 heavy (non-hydrogen) atoms. The predicted octanol–water partition coefficient (Wildman–Crippen LogP) is 2.79. The molecule has 0 amide bonds. The maximum absolute atomic E-state index is 10.7. The van der Waals surface area contributed by atoms with Crippen LogP contribution in [0.2, 0.25) is 0 Å². The van der Waals surface area contributed by atoms with E-state index in [-0.39, 0.29) is 11.2 Å². The quantitative estimate of drug-likeness (QED) is 0.655. The molecule has 6 heteroatoms. The summed E-state index contributed by atoms with van der Waals surface area (Å²) in [5.41, 5.74) is 1.94. The Hall–Kier alpha value is -2.47. The van der Waals surface area contributed by atoms with Crippen LogP contribution in [0.25, 0.3) is 11.1 Å². The topological polar surface area (TPSA) is 77.3 Å². The molecule has 0 unspecified atom stereocenters. The van der Waals surface area contributed by atoms with E-state index >= 15 is 0 Å². The Morgan fingerprint density at radius 3 is 2.59 bits per heavy atom. The van der Waals surface area contributed by atoms with Crippen molar-refractivity contribution in [1.29, 1.82) is 0 Å². The number of aromatic nitrogens is 1. The van der Waals surface area contributed by atoms with Crippen LogP contribution in [-0.4, -0.2) is 29.1 Å². The Balaban J connectivity index is 1.74. The number of ether oxygens (including phenoxy) is 1. The van der Waals surface area contributed by atoms with Gasteiger partial charge in [0.1, 0.15) is 12.4 Å². The van der Waals surface area contributed by atoms with Gasteiger partial charge in [0.25, 0.3) is 5.69 Å². The summed E-state index contributed by atoms with van der Waals surface area (Å²) >= 11 is 0. The molecule has 2 aromatic rings. The van der Waals surface area contributed by atoms with Gasteiger partial charge in [-0.25, -0.2) is 0 Å². The van der Waals surface area contributed by atoms with Gasteiger partial charge in [0, 0.05) is 23.9 Å². The molecule has 0 atom stereocenters. The Morgan fingerprint density at radius 2 is 2.00 bits per heavy atom. The number of rotatable bonds is 6. The van der Waals surface area contributed by atoms with Crippen LogP contribution in [0.4, 0.5) is 5.69 Å². The third-order valence-electron chi connectivity index (χ3n) is 4.02. The van der Waals surface area contributed by atoms with Gasteiger partial charge in [-0.05, 0) is 43.7 Å². The SMILES string of the molecule is CNC1(COc2cncc(-c3ccc([N+](=O)[O-])cc3)c2)CC1. The van der Waals surface area contributed by atoms with E-state index in [0.717, 1.165) is 24.0 Å². The molecule has 1 aromatic carbocycles. The second kappa shape index (κ2) is 5.73. The molecule has 1 aliphatic carbocycles. The fraction of sp³-hybridized carbons (Fsp3) is 0.312. The van der Waals surface area contributed by atoms with Gasteiger partial charge in [-0.1, -0.05) is 0 Å². The Kier molecular flexibility index (Phi) is 3.77. The lowest BCUT2D eigenvalue weighted by molar-refractivity contribution is -0.384. The Morgan fingerprint density at radius 1 is 1.27 bits per heavy atom. The first-order valence-electron chi connectivity index (χ1n) is 7.13. The summed E-state index contributed by atoms with van der Waals surface area (Å²) in [7, 11) is 1.95. The summed E-state index contributed by atoms with van der Waals surface area (Å²) in [6.45, 7) is 0.620. The van der Waals surface area contributed by atoms with E-state index < -0.39 is 4.92 Å². The molecule has 1 fully saturated rings. The van der Waals surface area contributed by atoms with Crippen LogP contribution in [0.1, 0.15) is 12.8 Å². The number of nitrogens with one attached hydrogen (secondary N) is 1. The van der Waals surface area contributed by atoms with Crippen LogP contribution in [0.15, 0.2) is 42.7 Å². The van der Waals surface area contributed by atoms with Gasteiger partial charge in [0.2, 0.25) is 0 Å². The number of non-ortho nitro benzene ring substituents is 1. The molecule has 1 saturated carbocycles. The molecule has 1 heterocycles. The second-order valence-corrected chi connectivity index (χ2v) is 5.53. The van der Waals surface area contributed by atoms with Gasteiger partial charge in [-0.2, -0.15) is 0 Å². The van der Waals surface area contributed by atoms with Crippen LogP contribution >= 0.6 is 0 Å². The van der Waals surface area contributed by atoms with Crippen molar-refractivity contribution in [2.24, 2.45) is 0 Å². The number of pyridine rings is 1. The van der Waals surface area contributed by atoms with Crippen LogP contribution < -0.4 is 10.1 Å². The van der Waals surface area contributed by atoms with Crippen molar-refractivity contribution < 1.29 is 9.66 Å². The highest BCUT2D eigenvalue weighted by Crippen LogP contribution is 2.35. The molecule has 1 N–H and O–H groups in total. The summed E-state index contributed by atoms with van der Waals surface area (Å²) in [6.07, 6.45) is 5.65. The molecular formula is C16H17N3O3. The molecule has 114 valence electrons. The van der Waals surface area contributed by atoms with E-state index in [0.29, 0.717) is 12.4 Å². The van der Waals surface area contributed by atoms with Gasteiger partial charge < -0.3 is 10.1 Å². The maximum atomic E-state index is 10.7. The number of hydrogen-bond acceptors (Lipinski definition) is 5. The molecule has 0 saturated heterocycles. The third-order valence-corrected chi connectivity index (χ3v) is 4.02. The monoisotopic (exact) mass is 299 g/mol. The molecule has 0 aliphatic heterocycles. The van der Waals surface area contributed by atoms with E-state index in [9.17, 15) is 10.1 Å². The molecular weight excluding hydrogens is 282 g/mol. The van der Waals surface area contributed by atoms with Crippen molar-refractivity contribution >= 4 is 5.69 Å². The van der Waals surface area contributed by atoms with E-state index in [1.807, 2.05) is 13.1 Å². The van der Waals surface area contributed by atoms with E-state index in [1.54, 1.807) is 24.5 Å². The van der Waals surface area contributed by atoms with Crippen molar-refractivity contribution in [2.75, 3.05) is 13.7 Å². The van der Waals surface area contributed by atoms with Crippen molar-refractivity contribution in [3.63, 3.8) is 0 Å². The third kappa shape index (κ3) is 3.07. The normalized spacial score (nSPS) is 15.3. The first kappa shape index (κ1) is 14.5. The molecule has 6 nitrogen and oxygen atoms in total. The molecule has 0 radical (unpaired) electrons. The Labute approximate surface area is 128 Å². The number of hydrogen-bond donors (Lipinski definition) is 1. The minimum atomic E-state index is -0.408. The summed E-state index contributed by atoms with van der Waals surface area (Å²) in [4.78, 5) is 14.5. The average molecular weight is 299 g/mol. The molecule has 3 rings (SSSR count). The van der Waals surface area contributed by atoms with Crippen molar-refractivity contribution in [3.05, 3.63) is 52.8 Å². The van der Waals surface area contributed by atoms with Crippen LogP contribution in [0.3, 0.4) is 0 Å². The summed E-state index contributed by atoms with van der Waals surface area (Å²) < 4.78 is 5.82. The summed E-state index contributed by atoms with van der Waals surface area (Å²) in [5.74, 6) is 0.706. The van der Waals surface area contributed by atoms with Gasteiger partial charge >= 0.3 is 0 Å². The number of benzene rings is 1. The zero-order chi connectivity index (χ0) is 15.6. The maximum Gasteiger partial charge on any atom is 0.269 e. The van der Waals surface area contributed by atoms with Crippen molar-refractivity contribution in [2.45, 2.75) is 18.4 Å². The standard InChI is InChI=1S/C16H17N3O3/c1-17-16(6-7-16)11-22-15-8-13(9-18-10-15)12-2-4-14(5-3-12)19(20)21/h2-5,8-10,17H,6-7,11H2,1H3. The highest BCUT2D eigenvalue weighted by atomic mass is 16.6. The van der Waals surface area contributed by atoms with Crippen LogP contribution in [0.5, 0.6) is 5.75 Å². The molecule has 0 spiro atoms. The lowest BCUT2D eigenvalue weighted by Gasteiger charge is -2.15. The van der Waals surface area contributed by atoms with E-state index in [1.165, 1.54) is 12.1 Å². The highest BCUT2D eigenvalue weighted by molar-refractivity contribution is 5.65. The zero-order valence-corrected chi connectivity index (χ0v) is 12.3. The Bertz CT molecular complexity index is 681. The lowest BCUT2D eigenvalue weighted by Crippen LogP contribution is -2.33. The van der Waals surface area contributed by atoms with Gasteiger partial charge in [-0.15, -0.1) is 0 Å². The minimum absolute atomic E-state index is 0.0776. The van der Waals surface area contributed by atoms with Gasteiger partial charge in [0.15, 0.2) is 0 Å². The second-order valence-electron chi connectivity index (χ2n) is 5.53. The highest BCUT2D eigenvalue weighted by Gasteiger charge is 2.41.